The van der Waals surface area contributed by atoms with Crippen molar-refractivity contribution in [3.05, 3.63) is 29.8 Å². The van der Waals surface area contributed by atoms with Crippen molar-refractivity contribution in [1.29, 1.82) is 0 Å². The van der Waals surface area contributed by atoms with Crippen LogP contribution in [0.2, 0.25) is 0 Å². The average Bonchev–Trinajstić information content (AvgIpc) is 3.18. The van der Waals surface area contributed by atoms with Crippen LogP contribution in [0.4, 0.5) is 5.69 Å². The lowest BCUT2D eigenvalue weighted by molar-refractivity contribution is -0.126. The van der Waals surface area contributed by atoms with E-state index in [1.165, 1.54) is 18.5 Å². The van der Waals surface area contributed by atoms with Crippen LogP contribution in [0.3, 0.4) is 0 Å². The van der Waals surface area contributed by atoms with E-state index in [1.807, 2.05) is 19.1 Å². The van der Waals surface area contributed by atoms with Gasteiger partial charge in [0, 0.05) is 25.2 Å². The standard InChI is InChI=1S/C17H23N3O2/c1-12(18-17(22)15-7-8-16(21)19-15)13-5-4-6-14(11-13)20-9-2-3-10-20/h4-6,11-12,15H,2-3,7-10H2,1H3,(H,18,22)(H,19,21)/t12?,15-/m1/s1. The highest BCUT2D eigenvalue weighted by molar-refractivity contribution is 5.90. The summed E-state index contributed by atoms with van der Waals surface area (Å²) in [6.45, 7) is 4.20. The minimum absolute atomic E-state index is 0.0381. The maximum absolute atomic E-state index is 12.2. The highest BCUT2D eigenvalue weighted by Gasteiger charge is 2.28. The van der Waals surface area contributed by atoms with Crippen LogP contribution in [0.25, 0.3) is 0 Å². The van der Waals surface area contributed by atoms with Gasteiger partial charge in [-0.2, -0.15) is 0 Å². The number of nitrogens with zero attached hydrogens (tertiary/aromatic N) is 1. The molecule has 0 aliphatic carbocycles. The van der Waals surface area contributed by atoms with E-state index in [-0.39, 0.29) is 23.9 Å². The average molecular weight is 301 g/mol. The van der Waals surface area contributed by atoms with Gasteiger partial charge in [0.25, 0.3) is 0 Å². The largest absolute Gasteiger partial charge is 0.372 e. The molecular weight excluding hydrogens is 278 g/mol. The Kier molecular flexibility index (Phi) is 4.32. The van der Waals surface area contributed by atoms with Crippen LogP contribution in [0.5, 0.6) is 0 Å². The van der Waals surface area contributed by atoms with E-state index >= 15 is 0 Å². The van der Waals surface area contributed by atoms with Crippen molar-refractivity contribution in [3.63, 3.8) is 0 Å². The van der Waals surface area contributed by atoms with Gasteiger partial charge >= 0.3 is 0 Å². The first-order valence-corrected chi connectivity index (χ1v) is 8.08. The van der Waals surface area contributed by atoms with Crippen molar-refractivity contribution in [3.8, 4) is 0 Å². The van der Waals surface area contributed by atoms with Gasteiger partial charge in [0.15, 0.2) is 0 Å². The number of hydrogen-bond donors (Lipinski definition) is 2. The smallest absolute Gasteiger partial charge is 0.243 e. The lowest BCUT2D eigenvalue weighted by atomic mass is 10.1. The number of hydrogen-bond acceptors (Lipinski definition) is 3. The molecule has 2 atom stereocenters. The monoisotopic (exact) mass is 301 g/mol. The van der Waals surface area contributed by atoms with E-state index in [2.05, 4.69) is 27.7 Å². The van der Waals surface area contributed by atoms with Crippen LogP contribution in [-0.4, -0.2) is 30.9 Å². The van der Waals surface area contributed by atoms with Crippen molar-refractivity contribution in [1.82, 2.24) is 10.6 Å². The predicted molar refractivity (Wildman–Crippen MR) is 85.6 cm³/mol. The van der Waals surface area contributed by atoms with Gasteiger partial charge in [0.2, 0.25) is 11.8 Å². The fourth-order valence-electron chi connectivity index (χ4n) is 3.17. The summed E-state index contributed by atoms with van der Waals surface area (Å²) in [5.74, 6) is -0.131. The van der Waals surface area contributed by atoms with Gasteiger partial charge in [0.1, 0.15) is 6.04 Å². The minimum Gasteiger partial charge on any atom is -0.372 e. The summed E-state index contributed by atoms with van der Waals surface area (Å²) in [5.41, 5.74) is 2.33. The molecule has 2 fully saturated rings. The third kappa shape index (κ3) is 3.24. The molecule has 1 aromatic rings. The molecule has 3 rings (SSSR count). The Morgan fingerprint density at radius 3 is 2.82 bits per heavy atom. The van der Waals surface area contributed by atoms with Gasteiger partial charge in [-0.3, -0.25) is 9.59 Å². The normalized spacial score (nSPS) is 22.5. The number of rotatable bonds is 4. The Balaban J connectivity index is 1.64. The van der Waals surface area contributed by atoms with Crippen molar-refractivity contribution < 1.29 is 9.59 Å². The molecule has 5 heteroatoms. The fraction of sp³-hybridized carbons (Fsp3) is 0.529. The van der Waals surface area contributed by atoms with E-state index < -0.39 is 0 Å². The summed E-state index contributed by atoms with van der Waals surface area (Å²) in [6, 6.07) is 7.93. The van der Waals surface area contributed by atoms with Crippen LogP contribution in [-0.2, 0) is 9.59 Å². The molecule has 0 spiro atoms. The summed E-state index contributed by atoms with van der Waals surface area (Å²) in [4.78, 5) is 25.8. The Labute approximate surface area is 131 Å². The van der Waals surface area contributed by atoms with Crippen LogP contribution < -0.4 is 15.5 Å². The third-order valence-corrected chi connectivity index (χ3v) is 4.51. The van der Waals surface area contributed by atoms with Gasteiger partial charge in [-0.15, -0.1) is 0 Å². The molecule has 0 radical (unpaired) electrons. The number of carbonyl (C=O) groups is 2. The Bertz CT molecular complexity index is 567. The second-order valence-corrected chi connectivity index (χ2v) is 6.18. The lowest BCUT2D eigenvalue weighted by Gasteiger charge is -2.21. The van der Waals surface area contributed by atoms with Crippen LogP contribution in [0.15, 0.2) is 24.3 Å². The van der Waals surface area contributed by atoms with E-state index in [4.69, 9.17) is 0 Å². The quantitative estimate of drug-likeness (QED) is 0.890. The van der Waals surface area contributed by atoms with Crippen molar-refractivity contribution in [2.24, 2.45) is 0 Å². The van der Waals surface area contributed by atoms with E-state index in [1.54, 1.807) is 0 Å². The molecule has 2 N–H and O–H groups in total. The molecule has 22 heavy (non-hydrogen) atoms. The number of benzene rings is 1. The molecule has 0 bridgehead atoms. The molecule has 5 nitrogen and oxygen atoms in total. The Hall–Kier alpha value is -2.04. The van der Waals surface area contributed by atoms with E-state index in [0.717, 1.165) is 18.7 Å². The molecule has 2 aliphatic rings. The zero-order valence-corrected chi connectivity index (χ0v) is 13.0. The first-order valence-electron chi connectivity index (χ1n) is 8.08. The number of carbonyl (C=O) groups excluding carboxylic acids is 2. The zero-order chi connectivity index (χ0) is 15.5. The van der Waals surface area contributed by atoms with Crippen LogP contribution >= 0.6 is 0 Å². The Morgan fingerprint density at radius 2 is 2.14 bits per heavy atom. The van der Waals surface area contributed by atoms with Gasteiger partial charge < -0.3 is 15.5 Å². The lowest BCUT2D eigenvalue weighted by Crippen LogP contribution is -2.42. The SMILES string of the molecule is CC(NC(=O)[C@H]1CCC(=O)N1)c1cccc(N2CCCC2)c1. The minimum atomic E-state index is -0.378. The van der Waals surface area contributed by atoms with Crippen molar-refractivity contribution >= 4 is 17.5 Å². The van der Waals surface area contributed by atoms with E-state index in [0.29, 0.717) is 12.8 Å². The van der Waals surface area contributed by atoms with Crippen LogP contribution in [0, 0.1) is 0 Å². The molecule has 2 heterocycles. The molecule has 1 aromatic carbocycles. The zero-order valence-electron chi connectivity index (χ0n) is 13.0. The number of nitrogens with one attached hydrogen (secondary N) is 2. The predicted octanol–water partition coefficient (Wildman–Crippen LogP) is 1.74. The molecular formula is C17H23N3O2. The maximum atomic E-state index is 12.2. The Morgan fingerprint density at radius 1 is 1.36 bits per heavy atom. The molecule has 2 aliphatic heterocycles. The highest BCUT2D eigenvalue weighted by Crippen LogP contribution is 2.24. The van der Waals surface area contributed by atoms with Crippen LogP contribution in [0.1, 0.15) is 44.2 Å². The fourth-order valence-corrected chi connectivity index (χ4v) is 3.17. The van der Waals surface area contributed by atoms with Gasteiger partial charge in [0.05, 0.1) is 6.04 Å². The second-order valence-electron chi connectivity index (χ2n) is 6.18. The summed E-state index contributed by atoms with van der Waals surface area (Å²) in [5, 5.41) is 5.71. The van der Waals surface area contributed by atoms with Crippen molar-refractivity contribution in [2.75, 3.05) is 18.0 Å². The highest BCUT2D eigenvalue weighted by atomic mass is 16.2. The summed E-state index contributed by atoms with van der Waals surface area (Å²) in [7, 11) is 0. The molecule has 1 unspecified atom stereocenters. The molecule has 118 valence electrons. The molecule has 2 amide bonds. The van der Waals surface area contributed by atoms with E-state index in [9.17, 15) is 9.59 Å². The first-order chi connectivity index (χ1) is 10.6. The molecule has 0 saturated carbocycles. The summed E-state index contributed by atoms with van der Waals surface area (Å²) in [6.07, 6.45) is 3.53. The maximum Gasteiger partial charge on any atom is 0.243 e. The second kappa shape index (κ2) is 6.38. The van der Waals surface area contributed by atoms with Gasteiger partial charge in [-0.25, -0.2) is 0 Å². The molecule has 2 saturated heterocycles. The van der Waals surface area contributed by atoms with Gasteiger partial charge in [-0.05, 0) is 43.9 Å². The number of amides is 2. The van der Waals surface area contributed by atoms with Crippen molar-refractivity contribution in [2.45, 2.75) is 44.7 Å². The molecule has 0 aromatic heterocycles. The summed E-state index contributed by atoms with van der Waals surface area (Å²) >= 11 is 0. The summed E-state index contributed by atoms with van der Waals surface area (Å²) < 4.78 is 0. The third-order valence-electron chi connectivity index (χ3n) is 4.51. The number of anilines is 1. The first kappa shape index (κ1) is 14.9. The topological polar surface area (TPSA) is 61.4 Å². The van der Waals surface area contributed by atoms with Gasteiger partial charge in [-0.1, -0.05) is 12.1 Å².